The van der Waals surface area contributed by atoms with Crippen LogP contribution in [-0.2, 0) is 6.54 Å². The van der Waals surface area contributed by atoms with Crippen LogP contribution < -0.4 is 10.9 Å². The Balaban J connectivity index is 1.92. The summed E-state index contributed by atoms with van der Waals surface area (Å²) in [7, 11) is 0. The summed E-state index contributed by atoms with van der Waals surface area (Å²) in [6.45, 7) is 4.49. The van der Waals surface area contributed by atoms with E-state index in [9.17, 15) is 9.59 Å². The standard InChI is InChI=1S/C13H15N3O2S/c1-9-5-11(19-7-9)12(17)15-3-4-16-8-14-6-10(2)13(16)18/h5-8H,3-4H2,1-2H3,(H,15,17). The maximum absolute atomic E-state index is 11.8. The highest BCUT2D eigenvalue weighted by molar-refractivity contribution is 7.12. The Morgan fingerprint density at radius 3 is 2.95 bits per heavy atom. The highest BCUT2D eigenvalue weighted by Gasteiger charge is 2.07. The summed E-state index contributed by atoms with van der Waals surface area (Å²) in [6.07, 6.45) is 3.02. The van der Waals surface area contributed by atoms with Gasteiger partial charge in [0.05, 0.1) is 11.2 Å². The van der Waals surface area contributed by atoms with Crippen molar-refractivity contribution in [3.63, 3.8) is 0 Å². The fourth-order valence-corrected chi connectivity index (χ4v) is 2.46. The second-order valence-electron chi connectivity index (χ2n) is 4.32. The molecule has 0 unspecified atom stereocenters. The molecule has 5 nitrogen and oxygen atoms in total. The van der Waals surface area contributed by atoms with E-state index in [1.807, 2.05) is 18.4 Å². The van der Waals surface area contributed by atoms with Crippen LogP contribution in [0.1, 0.15) is 20.8 Å². The lowest BCUT2D eigenvalue weighted by molar-refractivity contribution is 0.0956. The van der Waals surface area contributed by atoms with Crippen molar-refractivity contribution in [3.8, 4) is 0 Å². The van der Waals surface area contributed by atoms with E-state index in [1.165, 1.54) is 28.4 Å². The van der Waals surface area contributed by atoms with Gasteiger partial charge in [-0.2, -0.15) is 0 Å². The number of hydrogen-bond donors (Lipinski definition) is 1. The molecule has 0 saturated carbocycles. The van der Waals surface area contributed by atoms with Crippen molar-refractivity contribution in [3.05, 3.63) is 50.3 Å². The zero-order chi connectivity index (χ0) is 13.8. The number of rotatable bonds is 4. The number of aromatic nitrogens is 2. The average Bonchev–Trinajstić information content (AvgIpc) is 2.81. The quantitative estimate of drug-likeness (QED) is 0.917. The summed E-state index contributed by atoms with van der Waals surface area (Å²) < 4.78 is 1.50. The number of nitrogens with one attached hydrogen (secondary N) is 1. The molecule has 0 aliphatic carbocycles. The van der Waals surface area contributed by atoms with Crippen LogP contribution in [0.2, 0.25) is 0 Å². The number of aryl methyl sites for hydroxylation is 2. The molecule has 2 heterocycles. The van der Waals surface area contributed by atoms with E-state index in [0.717, 1.165) is 5.56 Å². The number of amides is 1. The molecule has 19 heavy (non-hydrogen) atoms. The molecule has 0 fully saturated rings. The zero-order valence-electron chi connectivity index (χ0n) is 10.8. The molecule has 0 bridgehead atoms. The minimum Gasteiger partial charge on any atom is -0.350 e. The van der Waals surface area contributed by atoms with E-state index in [2.05, 4.69) is 10.3 Å². The molecular weight excluding hydrogens is 262 g/mol. The highest BCUT2D eigenvalue weighted by Crippen LogP contribution is 2.12. The fourth-order valence-electron chi connectivity index (χ4n) is 1.65. The van der Waals surface area contributed by atoms with Gasteiger partial charge in [-0.1, -0.05) is 0 Å². The summed E-state index contributed by atoms with van der Waals surface area (Å²) in [4.78, 5) is 28.2. The van der Waals surface area contributed by atoms with Gasteiger partial charge < -0.3 is 5.32 Å². The van der Waals surface area contributed by atoms with Crippen LogP contribution in [0, 0.1) is 13.8 Å². The van der Waals surface area contributed by atoms with Crippen molar-refractivity contribution >= 4 is 17.2 Å². The van der Waals surface area contributed by atoms with E-state index in [1.54, 1.807) is 6.92 Å². The summed E-state index contributed by atoms with van der Waals surface area (Å²) in [5.74, 6) is -0.105. The van der Waals surface area contributed by atoms with Gasteiger partial charge in [-0.25, -0.2) is 4.98 Å². The molecule has 2 aromatic rings. The molecule has 1 amide bonds. The summed E-state index contributed by atoms with van der Waals surface area (Å²) in [6, 6.07) is 1.85. The lowest BCUT2D eigenvalue weighted by Gasteiger charge is -2.06. The second kappa shape index (κ2) is 5.79. The molecule has 0 atom stereocenters. The molecule has 0 aliphatic rings. The van der Waals surface area contributed by atoms with Crippen LogP contribution in [0.25, 0.3) is 0 Å². The summed E-state index contributed by atoms with van der Waals surface area (Å²) in [5, 5.41) is 4.73. The molecule has 0 aromatic carbocycles. The first-order valence-corrected chi connectivity index (χ1v) is 6.80. The predicted molar refractivity (Wildman–Crippen MR) is 74.6 cm³/mol. The zero-order valence-corrected chi connectivity index (χ0v) is 11.7. The molecule has 0 spiro atoms. The normalized spacial score (nSPS) is 10.4. The number of carbonyl (C=O) groups is 1. The molecule has 0 saturated heterocycles. The molecule has 2 rings (SSSR count). The van der Waals surface area contributed by atoms with E-state index >= 15 is 0 Å². The maximum atomic E-state index is 11.8. The predicted octanol–water partition coefficient (Wildman–Crippen LogP) is 1.35. The third-order valence-electron chi connectivity index (χ3n) is 2.67. The van der Waals surface area contributed by atoms with Gasteiger partial charge in [0.1, 0.15) is 0 Å². The summed E-state index contributed by atoms with van der Waals surface area (Å²) in [5.41, 5.74) is 1.60. The molecule has 1 N–H and O–H groups in total. The maximum Gasteiger partial charge on any atom is 0.261 e. The molecule has 100 valence electrons. The van der Waals surface area contributed by atoms with E-state index in [0.29, 0.717) is 23.5 Å². The van der Waals surface area contributed by atoms with Gasteiger partial charge in [-0.15, -0.1) is 11.3 Å². The molecule has 6 heteroatoms. The number of nitrogens with zero attached hydrogens (tertiary/aromatic N) is 2. The van der Waals surface area contributed by atoms with Crippen LogP contribution in [0.15, 0.2) is 28.8 Å². The first-order valence-electron chi connectivity index (χ1n) is 5.92. The Morgan fingerprint density at radius 1 is 1.47 bits per heavy atom. The van der Waals surface area contributed by atoms with Crippen LogP contribution in [0.4, 0.5) is 0 Å². The van der Waals surface area contributed by atoms with Crippen LogP contribution >= 0.6 is 11.3 Å². The summed E-state index contributed by atoms with van der Waals surface area (Å²) >= 11 is 1.42. The Kier molecular flexibility index (Phi) is 4.11. The highest BCUT2D eigenvalue weighted by atomic mass is 32.1. The first-order chi connectivity index (χ1) is 9.08. The van der Waals surface area contributed by atoms with Gasteiger partial charge in [0.15, 0.2) is 0 Å². The first kappa shape index (κ1) is 13.5. The van der Waals surface area contributed by atoms with Crippen LogP contribution in [-0.4, -0.2) is 22.0 Å². The monoisotopic (exact) mass is 277 g/mol. The van der Waals surface area contributed by atoms with E-state index in [-0.39, 0.29) is 11.5 Å². The van der Waals surface area contributed by atoms with Crippen molar-refractivity contribution < 1.29 is 4.79 Å². The van der Waals surface area contributed by atoms with Crippen molar-refractivity contribution in [2.24, 2.45) is 0 Å². The molecular formula is C13H15N3O2S. The van der Waals surface area contributed by atoms with Crippen molar-refractivity contribution in [1.82, 2.24) is 14.9 Å². The fraction of sp³-hybridized carbons (Fsp3) is 0.308. The van der Waals surface area contributed by atoms with Crippen molar-refractivity contribution in [1.29, 1.82) is 0 Å². The van der Waals surface area contributed by atoms with Gasteiger partial charge >= 0.3 is 0 Å². The number of thiophene rings is 1. The number of carbonyl (C=O) groups excluding carboxylic acids is 1. The minimum absolute atomic E-state index is 0.0729. The topological polar surface area (TPSA) is 64.0 Å². The van der Waals surface area contributed by atoms with Crippen LogP contribution in [0.3, 0.4) is 0 Å². The van der Waals surface area contributed by atoms with Crippen LogP contribution in [0.5, 0.6) is 0 Å². The van der Waals surface area contributed by atoms with E-state index in [4.69, 9.17) is 0 Å². The Bertz CT molecular complexity index is 645. The van der Waals surface area contributed by atoms with Gasteiger partial charge in [-0.05, 0) is 30.9 Å². The lowest BCUT2D eigenvalue weighted by atomic mass is 10.3. The van der Waals surface area contributed by atoms with Gasteiger partial charge in [0, 0.05) is 24.8 Å². The molecule has 0 aliphatic heterocycles. The minimum atomic E-state index is -0.105. The van der Waals surface area contributed by atoms with Gasteiger partial charge in [0.2, 0.25) is 0 Å². The Labute approximate surface area is 114 Å². The smallest absolute Gasteiger partial charge is 0.261 e. The Morgan fingerprint density at radius 2 is 2.26 bits per heavy atom. The van der Waals surface area contributed by atoms with E-state index < -0.39 is 0 Å². The average molecular weight is 277 g/mol. The largest absolute Gasteiger partial charge is 0.350 e. The number of hydrogen-bond acceptors (Lipinski definition) is 4. The second-order valence-corrected chi connectivity index (χ2v) is 5.23. The van der Waals surface area contributed by atoms with Gasteiger partial charge in [-0.3, -0.25) is 14.2 Å². The van der Waals surface area contributed by atoms with Crippen molar-refractivity contribution in [2.45, 2.75) is 20.4 Å². The van der Waals surface area contributed by atoms with Gasteiger partial charge in [0.25, 0.3) is 11.5 Å². The van der Waals surface area contributed by atoms with Crippen molar-refractivity contribution in [2.75, 3.05) is 6.54 Å². The lowest BCUT2D eigenvalue weighted by Crippen LogP contribution is -2.31. The molecule has 2 aromatic heterocycles. The third kappa shape index (κ3) is 3.29. The Hall–Kier alpha value is -1.95. The third-order valence-corrected chi connectivity index (χ3v) is 3.71. The SMILES string of the molecule is Cc1csc(C(=O)NCCn2cncc(C)c2=O)c1. The molecule has 0 radical (unpaired) electrons.